The van der Waals surface area contributed by atoms with E-state index in [0.29, 0.717) is 0 Å². The van der Waals surface area contributed by atoms with Gasteiger partial charge in [-0.25, -0.2) is 0 Å². The van der Waals surface area contributed by atoms with E-state index in [4.69, 9.17) is 3.95 Å². The summed E-state index contributed by atoms with van der Waals surface area (Å²) in [7, 11) is 0. The summed E-state index contributed by atoms with van der Waals surface area (Å²) >= 11 is -0.803. The van der Waals surface area contributed by atoms with E-state index in [1.807, 2.05) is 4.93 Å². The van der Waals surface area contributed by atoms with Crippen LogP contribution < -0.4 is 53.1 Å². The van der Waals surface area contributed by atoms with Gasteiger partial charge in [-0.1, -0.05) is 0 Å². The maximum atomic E-state index is 5.03. The molecule has 0 aromatic carbocycles. The fourth-order valence-electron chi connectivity index (χ4n) is 0.0616. The van der Waals surface area contributed by atoms with Gasteiger partial charge in [0.15, 0.2) is 0 Å². The standard InChI is InChI=1S/CH6I2N2O2/c1-2-6-5-7-3-4/h5H,4H2,1H3/q-2. The van der Waals surface area contributed by atoms with Gasteiger partial charge in [0.1, 0.15) is 0 Å². The SMILES string of the molecule is C[I-]ONO[I-]N. The number of nitrogens with one attached hydrogen (secondary N) is 1. The van der Waals surface area contributed by atoms with Gasteiger partial charge in [0.05, 0.1) is 0 Å². The molecule has 0 spiro atoms. The summed E-state index contributed by atoms with van der Waals surface area (Å²) in [4.78, 5) is 1.96. The second-order valence-electron chi connectivity index (χ2n) is 0.481. The zero-order valence-corrected chi connectivity index (χ0v) is 7.96. The molecule has 0 heterocycles. The van der Waals surface area contributed by atoms with Gasteiger partial charge in [-0.05, 0) is 0 Å². The minimum absolute atomic E-state index is 0.179. The topological polar surface area (TPSA) is 56.5 Å². The molecule has 0 saturated heterocycles. The Kier molecular flexibility index (Phi) is 8.66. The van der Waals surface area contributed by atoms with Crippen LogP contribution in [0.25, 0.3) is 0 Å². The first-order valence-corrected chi connectivity index (χ1v) is 6.48. The first-order chi connectivity index (χ1) is 3.41. The Balaban J connectivity index is 2.45. The van der Waals surface area contributed by atoms with Crippen LogP contribution in [-0.4, -0.2) is 4.93 Å². The molecular formula is CH6I2N2O2-2. The van der Waals surface area contributed by atoms with Gasteiger partial charge in [-0.2, -0.15) is 0 Å². The van der Waals surface area contributed by atoms with E-state index in [1.165, 1.54) is 0 Å². The van der Waals surface area contributed by atoms with Gasteiger partial charge in [-0.3, -0.25) is 0 Å². The van der Waals surface area contributed by atoms with E-state index < -0.39 is 21.9 Å². The molecule has 0 amide bonds. The van der Waals surface area contributed by atoms with Crippen molar-refractivity contribution in [1.29, 1.82) is 0 Å². The normalized spacial score (nSPS) is 10.6. The van der Waals surface area contributed by atoms with Crippen LogP contribution >= 0.6 is 0 Å². The molecule has 7 heavy (non-hydrogen) atoms. The van der Waals surface area contributed by atoms with Crippen LogP contribution in [0.15, 0.2) is 0 Å². The molecule has 4 nitrogen and oxygen atoms in total. The van der Waals surface area contributed by atoms with Gasteiger partial charge in [0.25, 0.3) is 0 Å². The molecule has 0 fully saturated rings. The third-order valence-electron chi connectivity index (χ3n) is 0.185. The van der Waals surface area contributed by atoms with Gasteiger partial charge in [0, 0.05) is 0 Å². The molecule has 0 radical (unpaired) electrons. The third kappa shape index (κ3) is 7.30. The van der Waals surface area contributed by atoms with Crippen molar-refractivity contribution < 1.29 is 49.8 Å². The Morgan fingerprint density at radius 1 is 1.57 bits per heavy atom. The summed E-state index contributed by atoms with van der Waals surface area (Å²) in [6.45, 7) is 0. The van der Waals surface area contributed by atoms with Crippen molar-refractivity contribution in [1.82, 2.24) is 5.64 Å². The molecular weight excluding hydrogens is 326 g/mol. The van der Waals surface area contributed by atoms with E-state index in [-0.39, 0.29) is 21.6 Å². The Hall–Kier alpha value is 1.30. The van der Waals surface area contributed by atoms with Gasteiger partial charge >= 0.3 is 64.4 Å². The zero-order chi connectivity index (χ0) is 5.54. The Bertz CT molecular complexity index is 32.9. The quantitative estimate of drug-likeness (QED) is 0.177. The van der Waals surface area contributed by atoms with Crippen molar-refractivity contribution in [3.05, 3.63) is 0 Å². The summed E-state index contributed by atoms with van der Waals surface area (Å²) in [5.41, 5.74) is 2.26. The minimum atomic E-state index is -0.624. The fraction of sp³-hybridized carbons (Fsp3) is 1.00. The van der Waals surface area contributed by atoms with Crippen LogP contribution in [0.1, 0.15) is 0 Å². The van der Waals surface area contributed by atoms with Crippen molar-refractivity contribution in [3.8, 4) is 0 Å². The van der Waals surface area contributed by atoms with Crippen molar-refractivity contribution in [3.63, 3.8) is 0 Å². The van der Waals surface area contributed by atoms with Crippen molar-refractivity contribution in [2.24, 2.45) is 3.95 Å². The van der Waals surface area contributed by atoms with Crippen molar-refractivity contribution >= 4 is 0 Å². The van der Waals surface area contributed by atoms with Gasteiger partial charge in [-0.15, -0.1) is 0 Å². The number of nitrogens with two attached hydrogens (primary N) is 1. The molecule has 6 heteroatoms. The van der Waals surface area contributed by atoms with Crippen LogP contribution in [0.5, 0.6) is 0 Å². The molecule has 0 aliphatic heterocycles. The van der Waals surface area contributed by atoms with Gasteiger partial charge in [0.2, 0.25) is 0 Å². The first kappa shape index (κ1) is 8.30. The zero-order valence-electron chi connectivity index (χ0n) is 3.65. The molecule has 48 valence electrons. The summed E-state index contributed by atoms with van der Waals surface area (Å²) in [6.07, 6.45) is 0. The van der Waals surface area contributed by atoms with E-state index in [2.05, 4.69) is 12.0 Å². The molecule has 3 N–H and O–H groups in total. The van der Waals surface area contributed by atoms with Crippen LogP contribution in [-0.2, 0) is 6.33 Å². The van der Waals surface area contributed by atoms with Crippen molar-refractivity contribution in [2.45, 2.75) is 0 Å². The maximum absolute atomic E-state index is 5.03. The summed E-state index contributed by atoms with van der Waals surface area (Å²) in [5, 5.41) is 0. The van der Waals surface area contributed by atoms with Crippen molar-refractivity contribution in [2.75, 3.05) is 4.93 Å². The molecule has 0 saturated carbocycles. The molecule has 0 rings (SSSR count). The Morgan fingerprint density at radius 2 is 2.29 bits per heavy atom. The Labute approximate surface area is 64.0 Å². The van der Waals surface area contributed by atoms with Crippen LogP contribution in [0.3, 0.4) is 0 Å². The molecule has 0 aromatic heterocycles. The third-order valence-corrected chi connectivity index (χ3v) is 1.24. The van der Waals surface area contributed by atoms with Crippen LogP contribution in [0.2, 0.25) is 0 Å². The predicted octanol–water partition coefficient (Wildman–Crippen LogP) is -7.05. The van der Waals surface area contributed by atoms with E-state index in [1.54, 1.807) is 0 Å². The summed E-state index contributed by atoms with van der Waals surface area (Å²) in [5.74, 6) is 0. The van der Waals surface area contributed by atoms with E-state index in [9.17, 15) is 0 Å². The monoisotopic (exact) mass is 332 g/mol. The summed E-state index contributed by atoms with van der Waals surface area (Å²) in [6, 6.07) is 0. The second kappa shape index (κ2) is 7.30. The van der Waals surface area contributed by atoms with Gasteiger partial charge < -0.3 is 0 Å². The molecule has 0 unspecified atom stereocenters. The van der Waals surface area contributed by atoms with E-state index >= 15 is 0 Å². The number of rotatable bonds is 4. The second-order valence-corrected chi connectivity index (χ2v) is 2.75. The number of alkyl halides is 1. The van der Waals surface area contributed by atoms with Crippen LogP contribution in [0, 0.1) is 0 Å². The molecule has 0 aliphatic carbocycles. The molecule has 0 aliphatic rings. The number of hydrogen-bond acceptors (Lipinski definition) is 4. The van der Waals surface area contributed by atoms with E-state index in [0.717, 1.165) is 0 Å². The average molecular weight is 332 g/mol. The first-order valence-electron chi connectivity index (χ1n) is 1.31. The van der Waals surface area contributed by atoms with Crippen LogP contribution in [0.4, 0.5) is 0 Å². The molecule has 0 bridgehead atoms. The molecule has 0 atom stereocenters. The number of halogens is 2. The number of hydrogen-bond donors (Lipinski definition) is 2. The molecule has 0 aromatic rings. The summed E-state index contributed by atoms with van der Waals surface area (Å²) < 4.78 is 14.2. The fourth-order valence-corrected chi connectivity index (χ4v) is 0.869. The average Bonchev–Trinajstić information content (AvgIpc) is 1.69. The predicted molar refractivity (Wildman–Crippen MR) is 15.4 cm³/mol. The Morgan fingerprint density at radius 3 is 2.71 bits per heavy atom.